The number of nitrogens with one attached hydrogen (secondary N) is 3. The standard InChI is InChI=1S/C18H23N5O2/c24-17(18-11-19-9-14(18)10-20-12-18)21-7-6-16-22-15(23-25-16)8-13-4-2-1-3-5-13/h1-5,14,19-20H,6-12H2,(H,21,24). The molecule has 132 valence electrons. The molecule has 2 fully saturated rings. The summed E-state index contributed by atoms with van der Waals surface area (Å²) in [4.78, 5) is 17.0. The van der Waals surface area contributed by atoms with E-state index in [9.17, 15) is 4.79 Å². The van der Waals surface area contributed by atoms with Crippen LogP contribution < -0.4 is 16.0 Å². The topological polar surface area (TPSA) is 92.1 Å². The second-order valence-corrected chi connectivity index (χ2v) is 6.89. The van der Waals surface area contributed by atoms with Crippen LogP contribution in [0.4, 0.5) is 0 Å². The number of nitrogens with zero attached hydrogens (tertiary/aromatic N) is 2. The molecule has 1 aromatic carbocycles. The highest BCUT2D eigenvalue weighted by molar-refractivity contribution is 5.84. The van der Waals surface area contributed by atoms with Crippen LogP contribution in [-0.2, 0) is 17.6 Å². The van der Waals surface area contributed by atoms with E-state index in [2.05, 4.69) is 26.1 Å². The molecule has 1 amide bonds. The zero-order valence-electron chi connectivity index (χ0n) is 14.1. The van der Waals surface area contributed by atoms with Gasteiger partial charge in [0.2, 0.25) is 11.8 Å². The van der Waals surface area contributed by atoms with E-state index >= 15 is 0 Å². The van der Waals surface area contributed by atoms with E-state index in [-0.39, 0.29) is 11.3 Å². The number of aromatic nitrogens is 2. The first-order valence-corrected chi connectivity index (χ1v) is 8.81. The number of rotatable bonds is 6. The fourth-order valence-electron chi connectivity index (χ4n) is 3.80. The van der Waals surface area contributed by atoms with Gasteiger partial charge in [0.05, 0.1) is 5.41 Å². The van der Waals surface area contributed by atoms with Crippen molar-refractivity contribution in [3.05, 3.63) is 47.6 Å². The molecule has 7 heteroatoms. The molecular formula is C18H23N5O2. The van der Waals surface area contributed by atoms with Crippen LogP contribution in [0.2, 0.25) is 0 Å². The van der Waals surface area contributed by atoms with Crippen molar-refractivity contribution >= 4 is 5.91 Å². The fourth-order valence-corrected chi connectivity index (χ4v) is 3.80. The van der Waals surface area contributed by atoms with Crippen molar-refractivity contribution in [3.63, 3.8) is 0 Å². The molecule has 1 aromatic heterocycles. The van der Waals surface area contributed by atoms with Gasteiger partial charge in [-0.3, -0.25) is 4.79 Å². The Morgan fingerprint density at radius 1 is 1.24 bits per heavy atom. The van der Waals surface area contributed by atoms with Crippen LogP contribution in [0.1, 0.15) is 17.3 Å². The fraction of sp³-hybridized carbons (Fsp3) is 0.500. The lowest BCUT2D eigenvalue weighted by Crippen LogP contribution is -2.47. The molecule has 2 aliphatic rings. The molecule has 3 heterocycles. The molecule has 2 aliphatic heterocycles. The summed E-state index contributed by atoms with van der Waals surface area (Å²) in [6.45, 7) is 3.83. The van der Waals surface area contributed by atoms with Gasteiger partial charge in [0, 0.05) is 51.5 Å². The van der Waals surface area contributed by atoms with E-state index < -0.39 is 0 Å². The molecule has 0 aliphatic carbocycles. The molecule has 2 aromatic rings. The van der Waals surface area contributed by atoms with Crippen molar-refractivity contribution in [3.8, 4) is 0 Å². The minimum atomic E-state index is -0.298. The van der Waals surface area contributed by atoms with Gasteiger partial charge in [0.1, 0.15) is 0 Å². The average Bonchev–Trinajstić information content (AvgIpc) is 3.31. The van der Waals surface area contributed by atoms with Crippen molar-refractivity contribution in [1.82, 2.24) is 26.1 Å². The first-order valence-electron chi connectivity index (χ1n) is 8.81. The summed E-state index contributed by atoms with van der Waals surface area (Å²) in [5.41, 5.74) is 0.851. The predicted molar refractivity (Wildman–Crippen MR) is 91.9 cm³/mol. The Morgan fingerprint density at radius 2 is 2.00 bits per heavy atom. The van der Waals surface area contributed by atoms with Gasteiger partial charge in [-0.1, -0.05) is 35.5 Å². The highest BCUT2D eigenvalue weighted by atomic mass is 16.5. The Hall–Kier alpha value is -2.25. The summed E-state index contributed by atoms with van der Waals surface area (Å²) in [5, 5.41) is 13.7. The maximum Gasteiger partial charge on any atom is 0.229 e. The summed E-state index contributed by atoms with van der Waals surface area (Å²) in [5.74, 6) is 1.74. The Balaban J connectivity index is 1.28. The van der Waals surface area contributed by atoms with Crippen LogP contribution in [-0.4, -0.2) is 48.8 Å². The maximum absolute atomic E-state index is 12.6. The third kappa shape index (κ3) is 3.29. The van der Waals surface area contributed by atoms with Crippen LogP contribution in [0.3, 0.4) is 0 Å². The van der Waals surface area contributed by atoms with Crippen LogP contribution in [0.25, 0.3) is 0 Å². The third-order valence-corrected chi connectivity index (χ3v) is 5.24. The summed E-state index contributed by atoms with van der Waals surface area (Å²) in [6.07, 6.45) is 1.20. The molecule has 4 rings (SSSR count). The second-order valence-electron chi connectivity index (χ2n) is 6.89. The number of fused-ring (bicyclic) bond motifs is 1. The van der Waals surface area contributed by atoms with Gasteiger partial charge in [0.15, 0.2) is 5.82 Å². The van der Waals surface area contributed by atoms with Gasteiger partial charge < -0.3 is 20.5 Å². The van der Waals surface area contributed by atoms with Crippen LogP contribution in [0.5, 0.6) is 0 Å². The second kappa shape index (κ2) is 6.93. The normalized spacial score (nSPS) is 25.0. The van der Waals surface area contributed by atoms with E-state index in [4.69, 9.17) is 4.52 Å². The molecule has 3 N–H and O–H groups in total. The quantitative estimate of drug-likeness (QED) is 0.692. The smallest absolute Gasteiger partial charge is 0.229 e. The highest BCUT2D eigenvalue weighted by Gasteiger charge is 2.51. The first-order chi connectivity index (χ1) is 12.3. The number of benzene rings is 1. The zero-order valence-corrected chi connectivity index (χ0v) is 14.1. The summed E-state index contributed by atoms with van der Waals surface area (Å²) in [6, 6.07) is 10.1. The predicted octanol–water partition coefficient (Wildman–Crippen LogP) is 0.128. The highest BCUT2D eigenvalue weighted by Crippen LogP contribution is 2.34. The van der Waals surface area contributed by atoms with Gasteiger partial charge in [-0.05, 0) is 5.56 Å². The van der Waals surface area contributed by atoms with Crippen LogP contribution in [0.15, 0.2) is 34.9 Å². The number of carbonyl (C=O) groups is 1. The SMILES string of the molecule is O=C(NCCc1nc(Cc2ccccc2)no1)C12CNCC1CNC2. The molecule has 7 nitrogen and oxygen atoms in total. The lowest BCUT2D eigenvalue weighted by Gasteiger charge is -2.25. The number of amides is 1. The Kier molecular flexibility index (Phi) is 4.50. The van der Waals surface area contributed by atoms with Crippen molar-refractivity contribution < 1.29 is 9.32 Å². The molecule has 0 saturated carbocycles. The molecule has 0 spiro atoms. The lowest BCUT2D eigenvalue weighted by molar-refractivity contribution is -0.130. The van der Waals surface area contributed by atoms with E-state index in [0.717, 1.165) is 31.7 Å². The van der Waals surface area contributed by atoms with E-state index in [0.29, 0.717) is 37.0 Å². The molecule has 0 bridgehead atoms. The minimum absolute atomic E-state index is 0.122. The van der Waals surface area contributed by atoms with E-state index in [1.165, 1.54) is 0 Å². The number of carbonyl (C=O) groups excluding carboxylic acids is 1. The van der Waals surface area contributed by atoms with E-state index in [1.807, 2.05) is 30.3 Å². The molecule has 25 heavy (non-hydrogen) atoms. The largest absolute Gasteiger partial charge is 0.355 e. The number of hydrogen-bond acceptors (Lipinski definition) is 6. The number of hydrogen-bond donors (Lipinski definition) is 3. The van der Waals surface area contributed by atoms with Gasteiger partial charge in [-0.15, -0.1) is 0 Å². The van der Waals surface area contributed by atoms with Gasteiger partial charge in [0.25, 0.3) is 0 Å². The zero-order chi connectivity index (χ0) is 17.1. The van der Waals surface area contributed by atoms with Gasteiger partial charge in [-0.2, -0.15) is 4.98 Å². The van der Waals surface area contributed by atoms with Crippen molar-refractivity contribution in [2.45, 2.75) is 12.8 Å². The van der Waals surface area contributed by atoms with Crippen LogP contribution >= 0.6 is 0 Å². The van der Waals surface area contributed by atoms with Gasteiger partial charge in [-0.25, -0.2) is 0 Å². The van der Waals surface area contributed by atoms with Crippen molar-refractivity contribution in [2.75, 3.05) is 32.7 Å². The first kappa shape index (κ1) is 16.2. The Morgan fingerprint density at radius 3 is 2.76 bits per heavy atom. The van der Waals surface area contributed by atoms with Crippen molar-refractivity contribution in [1.29, 1.82) is 0 Å². The summed E-state index contributed by atoms with van der Waals surface area (Å²) >= 11 is 0. The van der Waals surface area contributed by atoms with Gasteiger partial charge >= 0.3 is 0 Å². The molecule has 0 radical (unpaired) electrons. The Labute approximate surface area is 146 Å². The molecule has 0 unspecified atom stereocenters. The maximum atomic E-state index is 12.6. The summed E-state index contributed by atoms with van der Waals surface area (Å²) < 4.78 is 5.29. The monoisotopic (exact) mass is 341 g/mol. The van der Waals surface area contributed by atoms with E-state index in [1.54, 1.807) is 0 Å². The average molecular weight is 341 g/mol. The summed E-state index contributed by atoms with van der Waals surface area (Å²) in [7, 11) is 0. The minimum Gasteiger partial charge on any atom is -0.355 e. The molecular weight excluding hydrogens is 318 g/mol. The third-order valence-electron chi connectivity index (χ3n) is 5.24. The molecule has 2 saturated heterocycles. The Bertz CT molecular complexity index is 720. The van der Waals surface area contributed by atoms with Crippen LogP contribution in [0, 0.1) is 11.3 Å². The lowest BCUT2D eigenvalue weighted by atomic mass is 9.80. The molecule has 0 atom stereocenters. The van der Waals surface area contributed by atoms with Crippen molar-refractivity contribution in [2.24, 2.45) is 11.3 Å².